The van der Waals surface area contributed by atoms with Crippen LogP contribution in [0.3, 0.4) is 0 Å². The lowest BCUT2D eigenvalue weighted by Gasteiger charge is -2.24. The molecular weight excluding hydrogens is 358 g/mol. The second-order valence-corrected chi connectivity index (χ2v) is 8.85. The van der Waals surface area contributed by atoms with Crippen LogP contribution in [0.25, 0.3) is 0 Å². The SMILES string of the molecule is Cc1ccccc1CCC(=O)N(C)[C@H]1CS(=O)(=O)c2ccc(Cl)cc21. The van der Waals surface area contributed by atoms with E-state index in [1.807, 2.05) is 31.2 Å². The highest BCUT2D eigenvalue weighted by Crippen LogP contribution is 2.38. The minimum absolute atomic E-state index is 0.0729. The lowest BCUT2D eigenvalue weighted by atomic mass is 10.0. The first-order valence-corrected chi connectivity index (χ1v) is 10.1. The van der Waals surface area contributed by atoms with Crippen LogP contribution in [-0.4, -0.2) is 32.0 Å². The molecule has 1 amide bonds. The Morgan fingerprint density at radius 3 is 2.68 bits per heavy atom. The largest absolute Gasteiger partial charge is 0.338 e. The summed E-state index contributed by atoms with van der Waals surface area (Å²) < 4.78 is 24.7. The van der Waals surface area contributed by atoms with Crippen molar-refractivity contribution in [1.82, 2.24) is 4.90 Å². The van der Waals surface area contributed by atoms with E-state index in [4.69, 9.17) is 11.6 Å². The lowest BCUT2D eigenvalue weighted by Crippen LogP contribution is -2.32. The van der Waals surface area contributed by atoms with Crippen LogP contribution in [0.4, 0.5) is 0 Å². The Balaban J connectivity index is 1.78. The summed E-state index contributed by atoms with van der Waals surface area (Å²) in [4.78, 5) is 14.4. The molecule has 0 fully saturated rings. The Bertz CT molecular complexity index is 924. The lowest BCUT2D eigenvalue weighted by molar-refractivity contribution is -0.131. The summed E-state index contributed by atoms with van der Waals surface area (Å²) in [7, 11) is -1.71. The van der Waals surface area contributed by atoms with E-state index in [2.05, 4.69) is 0 Å². The van der Waals surface area contributed by atoms with Crippen molar-refractivity contribution in [3.63, 3.8) is 0 Å². The van der Waals surface area contributed by atoms with Gasteiger partial charge >= 0.3 is 0 Å². The van der Waals surface area contributed by atoms with Gasteiger partial charge in [-0.05, 0) is 48.2 Å². The minimum atomic E-state index is -3.38. The average Bonchev–Trinajstić information content (AvgIpc) is 2.83. The molecule has 25 heavy (non-hydrogen) atoms. The number of halogens is 1. The zero-order chi connectivity index (χ0) is 18.2. The third kappa shape index (κ3) is 3.58. The Hall–Kier alpha value is -1.85. The summed E-state index contributed by atoms with van der Waals surface area (Å²) in [6.45, 7) is 2.02. The van der Waals surface area contributed by atoms with Gasteiger partial charge in [-0.15, -0.1) is 0 Å². The van der Waals surface area contributed by atoms with E-state index in [9.17, 15) is 13.2 Å². The van der Waals surface area contributed by atoms with Crippen molar-refractivity contribution in [3.8, 4) is 0 Å². The number of aryl methyl sites for hydroxylation is 2. The van der Waals surface area contributed by atoms with Crippen molar-refractivity contribution in [2.24, 2.45) is 0 Å². The molecule has 1 aliphatic heterocycles. The molecular formula is C19H20ClNO3S. The maximum atomic E-state index is 12.6. The van der Waals surface area contributed by atoms with Gasteiger partial charge < -0.3 is 4.90 Å². The zero-order valence-electron chi connectivity index (χ0n) is 14.2. The number of benzene rings is 2. The highest BCUT2D eigenvalue weighted by molar-refractivity contribution is 7.91. The molecule has 0 N–H and O–H groups in total. The van der Waals surface area contributed by atoms with Crippen molar-refractivity contribution in [2.75, 3.05) is 12.8 Å². The van der Waals surface area contributed by atoms with E-state index in [0.717, 1.165) is 11.1 Å². The third-order valence-electron chi connectivity index (χ3n) is 4.77. The number of rotatable bonds is 4. The summed E-state index contributed by atoms with van der Waals surface area (Å²) in [5.74, 6) is -0.161. The van der Waals surface area contributed by atoms with Crippen LogP contribution >= 0.6 is 11.6 Å². The Kier molecular flexibility index (Phi) is 4.89. The molecule has 0 aromatic heterocycles. The molecule has 1 atom stereocenters. The molecule has 3 rings (SSSR count). The van der Waals surface area contributed by atoms with Crippen molar-refractivity contribution < 1.29 is 13.2 Å². The summed E-state index contributed by atoms with van der Waals surface area (Å²) in [5, 5.41) is 0.474. The fourth-order valence-corrected chi connectivity index (χ4v) is 5.26. The number of hydrogen-bond acceptors (Lipinski definition) is 3. The maximum Gasteiger partial charge on any atom is 0.223 e. The number of nitrogens with zero attached hydrogens (tertiary/aromatic N) is 1. The van der Waals surface area contributed by atoms with Gasteiger partial charge in [-0.2, -0.15) is 0 Å². The van der Waals surface area contributed by atoms with Crippen molar-refractivity contribution in [2.45, 2.75) is 30.7 Å². The second kappa shape index (κ2) is 6.81. The van der Waals surface area contributed by atoms with Crippen LogP contribution in [0.15, 0.2) is 47.4 Å². The normalized spacial score (nSPS) is 18.0. The predicted octanol–water partition coefficient (Wildman–Crippen LogP) is 3.57. The molecule has 1 aliphatic rings. The molecule has 2 aromatic carbocycles. The topological polar surface area (TPSA) is 54.5 Å². The van der Waals surface area contributed by atoms with E-state index in [1.165, 1.54) is 11.0 Å². The van der Waals surface area contributed by atoms with Gasteiger partial charge in [0, 0.05) is 18.5 Å². The van der Waals surface area contributed by atoms with E-state index in [0.29, 0.717) is 23.4 Å². The molecule has 0 radical (unpaired) electrons. The molecule has 4 nitrogen and oxygen atoms in total. The van der Waals surface area contributed by atoms with Crippen LogP contribution in [0, 0.1) is 6.92 Å². The van der Waals surface area contributed by atoms with Crippen LogP contribution in [0.1, 0.15) is 29.2 Å². The number of carbonyl (C=O) groups excluding carboxylic acids is 1. The molecule has 2 aromatic rings. The van der Waals surface area contributed by atoms with Gasteiger partial charge in [0.05, 0.1) is 16.7 Å². The van der Waals surface area contributed by atoms with Gasteiger partial charge in [0.15, 0.2) is 9.84 Å². The number of fused-ring (bicyclic) bond motifs is 1. The zero-order valence-corrected chi connectivity index (χ0v) is 15.8. The van der Waals surface area contributed by atoms with Gasteiger partial charge in [0.25, 0.3) is 0 Å². The third-order valence-corrected chi connectivity index (χ3v) is 6.81. The number of sulfone groups is 1. The standard InChI is InChI=1S/C19H20ClNO3S/c1-13-5-3-4-6-14(13)7-10-19(22)21(2)17-12-25(23,24)18-9-8-15(20)11-16(17)18/h3-6,8-9,11,17H,7,10,12H2,1-2H3/t17-/m0/s1. The van der Waals surface area contributed by atoms with Gasteiger partial charge in [-0.25, -0.2) is 8.42 Å². The van der Waals surface area contributed by atoms with E-state index in [1.54, 1.807) is 19.2 Å². The summed E-state index contributed by atoms with van der Waals surface area (Å²) >= 11 is 6.03. The minimum Gasteiger partial charge on any atom is -0.338 e. The summed E-state index contributed by atoms with van der Waals surface area (Å²) in [5.41, 5.74) is 2.89. The highest BCUT2D eigenvalue weighted by Gasteiger charge is 2.38. The van der Waals surface area contributed by atoms with E-state index >= 15 is 0 Å². The smallest absolute Gasteiger partial charge is 0.223 e. The molecule has 0 saturated carbocycles. The average molecular weight is 378 g/mol. The van der Waals surface area contributed by atoms with Crippen molar-refractivity contribution in [3.05, 3.63) is 64.2 Å². The molecule has 0 spiro atoms. The number of amides is 1. The first-order chi connectivity index (χ1) is 11.8. The molecule has 132 valence electrons. The molecule has 0 aliphatic carbocycles. The highest BCUT2D eigenvalue weighted by atomic mass is 35.5. The molecule has 1 heterocycles. The number of carbonyl (C=O) groups is 1. The van der Waals surface area contributed by atoms with Crippen LogP contribution in [-0.2, 0) is 21.1 Å². The first-order valence-electron chi connectivity index (χ1n) is 8.12. The summed E-state index contributed by atoms with van der Waals surface area (Å²) in [6, 6.07) is 12.2. The molecule has 0 saturated heterocycles. The second-order valence-electron chi connectivity index (χ2n) is 6.41. The van der Waals surface area contributed by atoms with Crippen molar-refractivity contribution in [1.29, 1.82) is 0 Å². The van der Waals surface area contributed by atoms with Crippen LogP contribution in [0.2, 0.25) is 5.02 Å². The van der Waals surface area contributed by atoms with Gasteiger partial charge in [-0.3, -0.25) is 4.79 Å². The molecule has 6 heteroatoms. The van der Waals surface area contributed by atoms with Crippen LogP contribution in [0.5, 0.6) is 0 Å². The molecule has 0 unspecified atom stereocenters. The fourth-order valence-electron chi connectivity index (χ4n) is 3.25. The Morgan fingerprint density at radius 2 is 1.96 bits per heavy atom. The Morgan fingerprint density at radius 1 is 1.24 bits per heavy atom. The van der Waals surface area contributed by atoms with Gasteiger partial charge in [-0.1, -0.05) is 35.9 Å². The fraction of sp³-hybridized carbons (Fsp3) is 0.316. The predicted molar refractivity (Wildman–Crippen MR) is 98.5 cm³/mol. The maximum absolute atomic E-state index is 12.6. The Labute approximate surface area is 153 Å². The van der Waals surface area contributed by atoms with Gasteiger partial charge in [0.1, 0.15) is 0 Å². The summed E-state index contributed by atoms with van der Waals surface area (Å²) in [6.07, 6.45) is 0.978. The van der Waals surface area contributed by atoms with Gasteiger partial charge in [0.2, 0.25) is 5.91 Å². The van der Waals surface area contributed by atoms with Crippen molar-refractivity contribution >= 4 is 27.3 Å². The van der Waals surface area contributed by atoms with E-state index in [-0.39, 0.29) is 16.6 Å². The monoisotopic (exact) mass is 377 g/mol. The first kappa shape index (κ1) is 18.0. The molecule has 0 bridgehead atoms. The number of hydrogen-bond donors (Lipinski definition) is 0. The van der Waals surface area contributed by atoms with Crippen LogP contribution < -0.4 is 0 Å². The quantitative estimate of drug-likeness (QED) is 0.818. The van der Waals surface area contributed by atoms with E-state index < -0.39 is 15.9 Å².